The van der Waals surface area contributed by atoms with Gasteiger partial charge in [-0.25, -0.2) is 0 Å². The van der Waals surface area contributed by atoms with Gasteiger partial charge in [-0.2, -0.15) is 0 Å². The van der Waals surface area contributed by atoms with Gasteiger partial charge in [-0.15, -0.1) is 0 Å². The van der Waals surface area contributed by atoms with Crippen LogP contribution in [0.5, 0.6) is 0 Å². The van der Waals surface area contributed by atoms with Crippen molar-refractivity contribution < 1.29 is 14.4 Å². The molecule has 2 atom stereocenters. The lowest BCUT2D eigenvalue weighted by atomic mass is 9.85. The van der Waals surface area contributed by atoms with Gasteiger partial charge in [0.2, 0.25) is 11.8 Å². The van der Waals surface area contributed by atoms with Crippen molar-refractivity contribution in [2.75, 3.05) is 13.1 Å². The fourth-order valence-electron chi connectivity index (χ4n) is 4.93. The van der Waals surface area contributed by atoms with Crippen molar-refractivity contribution in [3.05, 3.63) is 34.9 Å². The number of rotatable bonds is 6. The molecule has 0 radical (unpaired) electrons. The third-order valence-corrected chi connectivity index (χ3v) is 6.46. The molecule has 3 heterocycles. The second-order valence-electron chi connectivity index (χ2n) is 8.56. The first-order valence-corrected chi connectivity index (χ1v) is 10.7. The van der Waals surface area contributed by atoms with E-state index < -0.39 is 6.04 Å². The number of carbonyl (C=O) groups is 3. The van der Waals surface area contributed by atoms with Crippen molar-refractivity contribution in [3.8, 4) is 0 Å². The summed E-state index contributed by atoms with van der Waals surface area (Å²) in [4.78, 5) is 38.0. The predicted octanol–water partition coefficient (Wildman–Crippen LogP) is 1.46. The number of nitrogens with zero attached hydrogens (tertiary/aromatic N) is 1. The third kappa shape index (κ3) is 4.07. The van der Waals surface area contributed by atoms with E-state index >= 15 is 0 Å². The Morgan fingerprint density at radius 2 is 2.14 bits per heavy atom. The summed E-state index contributed by atoms with van der Waals surface area (Å²) < 4.78 is 0. The predicted molar refractivity (Wildman–Crippen MR) is 109 cm³/mol. The van der Waals surface area contributed by atoms with E-state index in [1.807, 2.05) is 12.1 Å². The zero-order valence-electron chi connectivity index (χ0n) is 17.1. The summed E-state index contributed by atoms with van der Waals surface area (Å²) >= 11 is 0. The van der Waals surface area contributed by atoms with Crippen molar-refractivity contribution in [3.63, 3.8) is 0 Å². The highest BCUT2D eigenvalue weighted by molar-refractivity contribution is 6.05. The van der Waals surface area contributed by atoms with Crippen LogP contribution in [0.1, 0.15) is 66.9 Å². The number of piperidine rings is 2. The van der Waals surface area contributed by atoms with Gasteiger partial charge in [0.05, 0.1) is 0 Å². The van der Waals surface area contributed by atoms with Crippen LogP contribution in [0, 0.1) is 0 Å². The van der Waals surface area contributed by atoms with E-state index in [1.54, 1.807) is 4.90 Å². The minimum Gasteiger partial charge on any atom is -0.322 e. The number of hydrogen-bond acceptors (Lipinski definition) is 5. The van der Waals surface area contributed by atoms with Crippen LogP contribution in [0.15, 0.2) is 18.2 Å². The summed E-state index contributed by atoms with van der Waals surface area (Å²) in [6, 6.07) is 5.41. The molecule has 0 aromatic heterocycles. The summed E-state index contributed by atoms with van der Waals surface area (Å²) in [5.41, 5.74) is 2.93. The van der Waals surface area contributed by atoms with E-state index in [4.69, 9.17) is 0 Å². The molecule has 2 fully saturated rings. The monoisotopic (exact) mass is 398 g/mol. The molecular formula is C22H30N4O3. The van der Waals surface area contributed by atoms with E-state index in [-0.39, 0.29) is 29.7 Å². The Hall–Kier alpha value is -2.25. The van der Waals surface area contributed by atoms with Crippen LogP contribution in [0.25, 0.3) is 0 Å². The highest BCUT2D eigenvalue weighted by Gasteiger charge is 2.39. The van der Waals surface area contributed by atoms with Crippen LogP contribution in [0.4, 0.5) is 0 Å². The number of carbonyl (C=O) groups excluding carboxylic acids is 3. The third-order valence-electron chi connectivity index (χ3n) is 6.46. The lowest BCUT2D eigenvalue weighted by molar-refractivity contribution is -0.136. The lowest BCUT2D eigenvalue weighted by Gasteiger charge is -2.39. The van der Waals surface area contributed by atoms with Crippen molar-refractivity contribution in [2.45, 2.75) is 70.1 Å². The Labute approximate surface area is 171 Å². The molecule has 1 aromatic carbocycles. The highest BCUT2D eigenvalue weighted by Crippen LogP contribution is 2.29. The van der Waals surface area contributed by atoms with E-state index in [0.717, 1.165) is 43.6 Å². The van der Waals surface area contributed by atoms with Crippen LogP contribution in [0.2, 0.25) is 0 Å². The van der Waals surface area contributed by atoms with Gasteiger partial charge in [0.15, 0.2) is 0 Å². The first kappa shape index (κ1) is 20.0. The SMILES string of the molecule is CCCC1(NCc2ccc3c(c2)CN(C2CCC(=O)NC2=O)C3=O)CCCNC1. The Kier molecular flexibility index (Phi) is 5.69. The number of nitrogens with one attached hydrogen (secondary N) is 3. The molecule has 2 saturated heterocycles. The van der Waals surface area contributed by atoms with Crippen LogP contribution in [0.3, 0.4) is 0 Å². The smallest absolute Gasteiger partial charge is 0.255 e. The van der Waals surface area contributed by atoms with Crippen LogP contribution in [-0.2, 0) is 22.7 Å². The first-order valence-electron chi connectivity index (χ1n) is 10.7. The maximum atomic E-state index is 12.8. The van der Waals surface area contributed by atoms with E-state index in [2.05, 4.69) is 28.9 Å². The molecule has 4 rings (SSSR count). The molecule has 3 N–H and O–H groups in total. The number of amides is 3. The molecule has 0 aliphatic carbocycles. The zero-order chi connectivity index (χ0) is 20.4. The average molecular weight is 399 g/mol. The summed E-state index contributed by atoms with van der Waals surface area (Å²) in [6.07, 6.45) is 5.33. The summed E-state index contributed by atoms with van der Waals surface area (Å²) in [5.74, 6) is -0.745. The van der Waals surface area contributed by atoms with Crippen LogP contribution >= 0.6 is 0 Å². The largest absolute Gasteiger partial charge is 0.322 e. The minimum atomic E-state index is -0.560. The van der Waals surface area contributed by atoms with E-state index in [9.17, 15) is 14.4 Å². The van der Waals surface area contributed by atoms with Gasteiger partial charge in [0.25, 0.3) is 5.91 Å². The van der Waals surface area contributed by atoms with Crippen LogP contribution < -0.4 is 16.0 Å². The van der Waals surface area contributed by atoms with Gasteiger partial charge in [-0.1, -0.05) is 25.5 Å². The van der Waals surface area contributed by atoms with Gasteiger partial charge in [0, 0.05) is 37.2 Å². The van der Waals surface area contributed by atoms with Crippen molar-refractivity contribution in [2.24, 2.45) is 0 Å². The molecule has 2 unspecified atom stereocenters. The Balaban J connectivity index is 1.44. The normalized spacial score (nSPS) is 27.1. The topological polar surface area (TPSA) is 90.5 Å². The highest BCUT2D eigenvalue weighted by atomic mass is 16.2. The first-order chi connectivity index (χ1) is 14.0. The molecule has 3 aliphatic rings. The summed E-state index contributed by atoms with van der Waals surface area (Å²) in [5, 5.41) is 9.65. The van der Waals surface area contributed by atoms with Gasteiger partial charge in [0.1, 0.15) is 6.04 Å². The standard InChI is InChI=1S/C22H30N4O3/c1-2-8-22(9-3-10-23-14-22)24-12-15-4-5-17-16(11-15)13-26(21(17)29)18-6-7-19(27)25-20(18)28/h4-5,11,18,23-24H,2-3,6-10,12-14H2,1H3,(H,25,27,28). The molecule has 7 nitrogen and oxygen atoms in total. The Morgan fingerprint density at radius 1 is 1.28 bits per heavy atom. The Bertz CT molecular complexity index is 811. The van der Waals surface area contributed by atoms with E-state index in [0.29, 0.717) is 18.5 Å². The quantitative estimate of drug-likeness (QED) is 0.631. The van der Waals surface area contributed by atoms with Gasteiger partial charge in [-0.05, 0) is 49.4 Å². The molecular weight excluding hydrogens is 368 g/mol. The molecule has 7 heteroatoms. The van der Waals surface area contributed by atoms with Gasteiger partial charge < -0.3 is 15.5 Å². The number of fused-ring (bicyclic) bond motifs is 1. The van der Waals surface area contributed by atoms with Gasteiger partial charge in [-0.3, -0.25) is 19.7 Å². The average Bonchev–Trinajstić information content (AvgIpc) is 3.03. The maximum absolute atomic E-state index is 12.8. The van der Waals surface area contributed by atoms with Crippen molar-refractivity contribution in [1.82, 2.24) is 20.9 Å². The molecule has 3 aliphatic heterocycles. The fraction of sp³-hybridized carbons (Fsp3) is 0.591. The molecule has 29 heavy (non-hydrogen) atoms. The molecule has 0 bridgehead atoms. The molecule has 1 aromatic rings. The lowest BCUT2D eigenvalue weighted by Crippen LogP contribution is -2.55. The van der Waals surface area contributed by atoms with Crippen molar-refractivity contribution >= 4 is 17.7 Å². The molecule has 0 spiro atoms. The number of imide groups is 1. The summed E-state index contributed by atoms with van der Waals surface area (Å²) in [6.45, 7) is 5.50. The number of benzene rings is 1. The van der Waals surface area contributed by atoms with Crippen LogP contribution in [-0.4, -0.2) is 47.3 Å². The van der Waals surface area contributed by atoms with E-state index in [1.165, 1.54) is 12.8 Å². The fourth-order valence-corrected chi connectivity index (χ4v) is 4.93. The number of hydrogen-bond donors (Lipinski definition) is 3. The maximum Gasteiger partial charge on any atom is 0.255 e. The van der Waals surface area contributed by atoms with Crippen molar-refractivity contribution in [1.29, 1.82) is 0 Å². The zero-order valence-corrected chi connectivity index (χ0v) is 17.1. The minimum absolute atomic E-state index is 0.118. The Morgan fingerprint density at radius 3 is 2.86 bits per heavy atom. The summed E-state index contributed by atoms with van der Waals surface area (Å²) in [7, 11) is 0. The second kappa shape index (κ2) is 8.24. The second-order valence-corrected chi connectivity index (χ2v) is 8.56. The molecule has 0 saturated carbocycles. The van der Waals surface area contributed by atoms with Gasteiger partial charge >= 0.3 is 0 Å². The molecule has 3 amide bonds. The molecule has 156 valence electrons.